The van der Waals surface area contributed by atoms with Gasteiger partial charge in [0.05, 0.1) is 5.52 Å². The summed E-state index contributed by atoms with van der Waals surface area (Å²) < 4.78 is 2.03. The summed E-state index contributed by atoms with van der Waals surface area (Å²) in [6, 6.07) is 20.0. The van der Waals surface area contributed by atoms with E-state index in [4.69, 9.17) is 0 Å². The number of aryl methyl sites for hydroxylation is 1. The van der Waals surface area contributed by atoms with Gasteiger partial charge in [0.2, 0.25) is 5.91 Å². The lowest BCUT2D eigenvalue weighted by atomic mass is 10.1. The Kier molecular flexibility index (Phi) is 4.58. The molecule has 2 heterocycles. The van der Waals surface area contributed by atoms with E-state index in [0.717, 1.165) is 27.7 Å². The zero-order valence-electron chi connectivity index (χ0n) is 15.5. The van der Waals surface area contributed by atoms with Crippen LogP contribution in [0.4, 0.5) is 0 Å². The molecule has 0 bridgehead atoms. The number of aromatic nitrogens is 3. The molecule has 4 rings (SSSR count). The smallest absolute Gasteiger partial charge is 0.240 e. The molecule has 4 aromatic rings. The first-order valence-corrected chi connectivity index (χ1v) is 9.60. The Labute approximate surface area is 162 Å². The molecule has 0 spiro atoms. The van der Waals surface area contributed by atoms with Crippen LogP contribution >= 0.6 is 11.8 Å². The average molecular weight is 376 g/mol. The number of rotatable bonds is 4. The van der Waals surface area contributed by atoms with Gasteiger partial charge in [-0.25, -0.2) is 0 Å². The summed E-state index contributed by atoms with van der Waals surface area (Å²) in [6.07, 6.45) is 0. The van der Waals surface area contributed by atoms with E-state index in [1.165, 1.54) is 11.8 Å². The van der Waals surface area contributed by atoms with Crippen molar-refractivity contribution in [1.82, 2.24) is 19.5 Å². The highest BCUT2D eigenvalue weighted by molar-refractivity contribution is 8.00. The van der Waals surface area contributed by atoms with E-state index in [-0.39, 0.29) is 11.2 Å². The van der Waals surface area contributed by atoms with Crippen LogP contribution < -0.4 is 0 Å². The molecule has 0 N–H and O–H groups in total. The van der Waals surface area contributed by atoms with Crippen molar-refractivity contribution in [2.45, 2.75) is 17.3 Å². The van der Waals surface area contributed by atoms with E-state index in [0.29, 0.717) is 5.16 Å². The molecule has 1 atom stereocenters. The second-order valence-corrected chi connectivity index (χ2v) is 7.73. The van der Waals surface area contributed by atoms with E-state index < -0.39 is 0 Å². The van der Waals surface area contributed by atoms with Crippen molar-refractivity contribution in [2.75, 3.05) is 14.1 Å². The number of likely N-dealkylation sites (N-methyl/N-ethyl adjacent to an activating group) is 1. The van der Waals surface area contributed by atoms with Gasteiger partial charge in [0.15, 0.2) is 10.8 Å². The van der Waals surface area contributed by atoms with Gasteiger partial charge in [-0.1, -0.05) is 60.3 Å². The van der Waals surface area contributed by atoms with E-state index in [2.05, 4.69) is 29.3 Å². The number of pyridine rings is 1. The fourth-order valence-corrected chi connectivity index (χ4v) is 4.38. The molecule has 0 saturated heterocycles. The Balaban J connectivity index is 1.86. The lowest BCUT2D eigenvalue weighted by Gasteiger charge is -2.20. The number of thioether (sulfide) groups is 1. The number of nitrogens with zero attached hydrogens (tertiary/aromatic N) is 4. The molecule has 0 unspecified atom stereocenters. The minimum atomic E-state index is -0.381. The maximum absolute atomic E-state index is 12.9. The topological polar surface area (TPSA) is 50.5 Å². The first-order chi connectivity index (χ1) is 13.1. The molecule has 0 fully saturated rings. The van der Waals surface area contributed by atoms with Gasteiger partial charge < -0.3 is 4.90 Å². The highest BCUT2D eigenvalue weighted by Gasteiger charge is 2.26. The minimum absolute atomic E-state index is 0.0272. The predicted molar refractivity (Wildman–Crippen MR) is 109 cm³/mol. The van der Waals surface area contributed by atoms with Crippen LogP contribution in [0.3, 0.4) is 0 Å². The lowest BCUT2D eigenvalue weighted by molar-refractivity contribution is -0.128. The quantitative estimate of drug-likeness (QED) is 0.503. The third kappa shape index (κ3) is 3.17. The second kappa shape index (κ2) is 7.04. The van der Waals surface area contributed by atoms with Crippen molar-refractivity contribution in [3.05, 3.63) is 71.8 Å². The number of hydrogen-bond acceptors (Lipinski definition) is 4. The molecule has 0 aliphatic carbocycles. The number of hydrogen-bond donors (Lipinski definition) is 0. The van der Waals surface area contributed by atoms with Gasteiger partial charge in [-0.3, -0.25) is 9.20 Å². The van der Waals surface area contributed by atoms with Gasteiger partial charge in [0.1, 0.15) is 5.25 Å². The van der Waals surface area contributed by atoms with Crippen LogP contribution in [0, 0.1) is 6.92 Å². The molecule has 0 saturated carbocycles. The van der Waals surface area contributed by atoms with Crippen LogP contribution in [0.2, 0.25) is 0 Å². The van der Waals surface area contributed by atoms with Crippen molar-refractivity contribution in [1.29, 1.82) is 0 Å². The predicted octanol–water partition coefficient (Wildman–Crippen LogP) is 4.11. The average Bonchev–Trinajstić information content (AvgIpc) is 3.09. The van der Waals surface area contributed by atoms with Crippen LogP contribution in [0.1, 0.15) is 16.4 Å². The summed E-state index contributed by atoms with van der Waals surface area (Å²) in [5.41, 5.74) is 3.95. The van der Waals surface area contributed by atoms with E-state index in [1.54, 1.807) is 19.0 Å². The third-order valence-corrected chi connectivity index (χ3v) is 5.75. The molecule has 5 nitrogen and oxygen atoms in total. The van der Waals surface area contributed by atoms with Crippen LogP contribution in [0.15, 0.2) is 65.8 Å². The van der Waals surface area contributed by atoms with Crippen LogP contribution in [-0.2, 0) is 4.79 Å². The fourth-order valence-electron chi connectivity index (χ4n) is 3.18. The van der Waals surface area contributed by atoms with Gasteiger partial charge in [-0.05, 0) is 30.2 Å². The Hall–Kier alpha value is -2.86. The van der Waals surface area contributed by atoms with Crippen LogP contribution in [-0.4, -0.2) is 39.5 Å². The summed E-state index contributed by atoms with van der Waals surface area (Å²) in [6.45, 7) is 2.08. The molecule has 136 valence electrons. The maximum Gasteiger partial charge on any atom is 0.240 e. The van der Waals surface area contributed by atoms with E-state index in [9.17, 15) is 4.79 Å². The van der Waals surface area contributed by atoms with Gasteiger partial charge in [0.25, 0.3) is 0 Å². The molecule has 0 aliphatic rings. The molecular formula is C21H20N4OS. The molecular weight excluding hydrogens is 356 g/mol. The largest absolute Gasteiger partial charge is 0.348 e. The third-order valence-electron chi connectivity index (χ3n) is 4.56. The highest BCUT2D eigenvalue weighted by atomic mass is 32.2. The Morgan fingerprint density at radius 2 is 1.74 bits per heavy atom. The van der Waals surface area contributed by atoms with Crippen molar-refractivity contribution in [3.8, 4) is 0 Å². The summed E-state index contributed by atoms with van der Waals surface area (Å²) in [5, 5.41) is 10.2. The molecule has 1 amide bonds. The first kappa shape index (κ1) is 17.5. The summed E-state index contributed by atoms with van der Waals surface area (Å²) in [5.74, 6) is 0.0272. The molecule has 6 heteroatoms. The van der Waals surface area contributed by atoms with Gasteiger partial charge >= 0.3 is 0 Å². The molecule has 27 heavy (non-hydrogen) atoms. The van der Waals surface area contributed by atoms with E-state index >= 15 is 0 Å². The Bertz CT molecular complexity index is 1120. The summed E-state index contributed by atoms with van der Waals surface area (Å²) in [4.78, 5) is 14.5. The SMILES string of the molecule is Cc1cc2nnc(S[C@@H](C(=O)N(C)C)c3ccccc3)n2c2ccccc12. The van der Waals surface area contributed by atoms with Gasteiger partial charge in [0, 0.05) is 19.5 Å². The van der Waals surface area contributed by atoms with Crippen molar-refractivity contribution in [2.24, 2.45) is 0 Å². The molecule has 2 aromatic carbocycles. The number of amides is 1. The summed E-state index contributed by atoms with van der Waals surface area (Å²) in [7, 11) is 3.55. The fraction of sp³-hybridized carbons (Fsp3) is 0.190. The monoisotopic (exact) mass is 376 g/mol. The Morgan fingerprint density at radius 3 is 2.48 bits per heavy atom. The minimum Gasteiger partial charge on any atom is -0.348 e. The number of para-hydroxylation sites is 1. The summed E-state index contributed by atoms with van der Waals surface area (Å²) >= 11 is 1.43. The van der Waals surface area contributed by atoms with Crippen molar-refractivity contribution < 1.29 is 4.79 Å². The Morgan fingerprint density at radius 1 is 1.04 bits per heavy atom. The zero-order chi connectivity index (χ0) is 19.0. The van der Waals surface area contributed by atoms with Crippen LogP contribution in [0.25, 0.3) is 16.6 Å². The number of benzene rings is 2. The van der Waals surface area contributed by atoms with E-state index in [1.807, 2.05) is 52.9 Å². The maximum atomic E-state index is 12.9. The number of carbonyl (C=O) groups excluding carboxylic acids is 1. The highest BCUT2D eigenvalue weighted by Crippen LogP contribution is 2.37. The lowest BCUT2D eigenvalue weighted by Crippen LogP contribution is -2.26. The van der Waals surface area contributed by atoms with Crippen molar-refractivity contribution >= 4 is 34.2 Å². The first-order valence-electron chi connectivity index (χ1n) is 8.72. The normalized spacial score (nSPS) is 12.4. The van der Waals surface area contributed by atoms with Gasteiger partial charge in [-0.2, -0.15) is 0 Å². The van der Waals surface area contributed by atoms with Gasteiger partial charge in [-0.15, -0.1) is 10.2 Å². The molecule has 0 aliphatic heterocycles. The second-order valence-electron chi connectivity index (χ2n) is 6.66. The number of fused-ring (bicyclic) bond motifs is 3. The van der Waals surface area contributed by atoms with Crippen molar-refractivity contribution in [3.63, 3.8) is 0 Å². The standard InChI is InChI=1S/C21H20N4OS/c1-14-13-18-22-23-21(25(18)17-12-8-7-11-16(14)17)27-19(20(26)24(2)3)15-9-5-4-6-10-15/h4-13,19H,1-3H3/t19-/m1/s1. The molecule has 0 radical (unpaired) electrons. The van der Waals surface area contributed by atoms with Crippen LogP contribution in [0.5, 0.6) is 0 Å². The zero-order valence-corrected chi connectivity index (χ0v) is 16.3. The molecule has 2 aromatic heterocycles. The number of carbonyl (C=O) groups is 1.